The first-order valence-electron chi connectivity index (χ1n) is 8.52. The van der Waals surface area contributed by atoms with Gasteiger partial charge in [0.25, 0.3) is 0 Å². The molecule has 0 saturated heterocycles. The summed E-state index contributed by atoms with van der Waals surface area (Å²) in [6.07, 6.45) is 0. The third kappa shape index (κ3) is 4.67. The minimum absolute atomic E-state index is 0.0193. The zero-order valence-electron chi connectivity index (χ0n) is 14.9. The molecule has 0 aromatic heterocycles. The van der Waals surface area contributed by atoms with Crippen LogP contribution in [0.1, 0.15) is 31.8 Å². The van der Waals surface area contributed by atoms with E-state index in [9.17, 15) is 19.8 Å². The number of phenolic OH excluding ortho intramolecular Hbond substituents is 2. The van der Waals surface area contributed by atoms with Crippen molar-refractivity contribution in [1.29, 1.82) is 0 Å². The molecule has 142 valence electrons. The highest BCUT2D eigenvalue weighted by molar-refractivity contribution is 6.05. The van der Waals surface area contributed by atoms with E-state index in [2.05, 4.69) is 0 Å². The van der Waals surface area contributed by atoms with Gasteiger partial charge in [-0.05, 0) is 17.2 Å². The van der Waals surface area contributed by atoms with Gasteiger partial charge in [-0.2, -0.15) is 0 Å². The van der Waals surface area contributed by atoms with Gasteiger partial charge in [-0.15, -0.1) is 0 Å². The van der Waals surface area contributed by atoms with E-state index in [0.717, 1.165) is 23.3 Å². The van der Waals surface area contributed by atoms with Gasteiger partial charge in [0.2, 0.25) is 0 Å². The molecule has 0 fully saturated rings. The molecule has 0 amide bonds. The van der Waals surface area contributed by atoms with Crippen LogP contribution in [0.3, 0.4) is 0 Å². The van der Waals surface area contributed by atoms with Crippen LogP contribution in [0.25, 0.3) is 0 Å². The molecule has 0 heterocycles. The molecule has 6 nitrogen and oxygen atoms in total. The van der Waals surface area contributed by atoms with E-state index in [4.69, 9.17) is 9.47 Å². The number of ether oxygens (including phenoxy) is 2. The summed E-state index contributed by atoms with van der Waals surface area (Å²) in [5.41, 5.74) is 0.883. The number of hydrogen-bond acceptors (Lipinski definition) is 6. The zero-order valence-corrected chi connectivity index (χ0v) is 14.9. The Morgan fingerprint density at radius 2 is 1.21 bits per heavy atom. The summed E-state index contributed by atoms with van der Waals surface area (Å²) in [7, 11) is 0. The molecule has 28 heavy (non-hydrogen) atoms. The number of rotatable bonds is 6. The summed E-state index contributed by atoms with van der Waals surface area (Å²) in [4.78, 5) is 24.9. The second-order valence-corrected chi connectivity index (χ2v) is 6.01. The minimum Gasteiger partial charge on any atom is -0.508 e. The summed E-state index contributed by atoms with van der Waals surface area (Å²) < 4.78 is 10.4. The van der Waals surface area contributed by atoms with E-state index in [0.29, 0.717) is 0 Å². The Morgan fingerprint density at radius 3 is 1.75 bits per heavy atom. The standard InChI is InChI=1S/C22H18O6/c23-17-11-18(21(25)27-13-15-7-3-1-4-8-15)20(19(24)12-17)22(26)28-14-16-9-5-2-6-10-16/h1-12,23-24H,13-14H2. The average Bonchev–Trinajstić information content (AvgIpc) is 2.71. The smallest absolute Gasteiger partial charge is 0.343 e. The molecular weight excluding hydrogens is 360 g/mol. The van der Waals surface area contributed by atoms with Gasteiger partial charge >= 0.3 is 11.9 Å². The van der Waals surface area contributed by atoms with Crippen molar-refractivity contribution in [1.82, 2.24) is 0 Å². The maximum Gasteiger partial charge on any atom is 0.343 e. The lowest BCUT2D eigenvalue weighted by atomic mass is 10.1. The first kappa shape index (κ1) is 19.0. The van der Waals surface area contributed by atoms with Crippen LogP contribution in [0.15, 0.2) is 72.8 Å². The van der Waals surface area contributed by atoms with Crippen LogP contribution in [-0.4, -0.2) is 22.2 Å². The molecule has 0 aliphatic heterocycles. The predicted molar refractivity (Wildman–Crippen MR) is 101 cm³/mol. The molecule has 0 unspecified atom stereocenters. The van der Waals surface area contributed by atoms with Crippen molar-refractivity contribution in [2.24, 2.45) is 0 Å². The summed E-state index contributed by atoms with van der Waals surface area (Å²) >= 11 is 0. The molecule has 3 aromatic carbocycles. The van der Waals surface area contributed by atoms with Gasteiger partial charge in [-0.1, -0.05) is 60.7 Å². The van der Waals surface area contributed by atoms with Crippen LogP contribution < -0.4 is 0 Å². The van der Waals surface area contributed by atoms with Crippen molar-refractivity contribution in [3.63, 3.8) is 0 Å². The first-order valence-corrected chi connectivity index (χ1v) is 8.52. The van der Waals surface area contributed by atoms with Gasteiger partial charge < -0.3 is 19.7 Å². The quantitative estimate of drug-likeness (QED) is 0.634. The maximum atomic E-state index is 12.5. The van der Waals surface area contributed by atoms with Crippen molar-refractivity contribution in [3.8, 4) is 11.5 Å². The zero-order chi connectivity index (χ0) is 19.9. The van der Waals surface area contributed by atoms with Gasteiger partial charge in [-0.25, -0.2) is 9.59 Å². The molecule has 0 radical (unpaired) electrons. The molecule has 6 heteroatoms. The number of carbonyl (C=O) groups is 2. The molecular formula is C22H18O6. The van der Waals surface area contributed by atoms with E-state index < -0.39 is 17.7 Å². The Hall–Kier alpha value is -3.80. The molecule has 0 spiro atoms. The fourth-order valence-electron chi connectivity index (χ4n) is 2.58. The molecule has 3 aromatic rings. The Morgan fingerprint density at radius 1 is 0.714 bits per heavy atom. The minimum atomic E-state index is -0.895. The Kier molecular flexibility index (Phi) is 5.91. The fraction of sp³-hybridized carbons (Fsp3) is 0.0909. The van der Waals surface area contributed by atoms with Crippen LogP contribution in [0, 0.1) is 0 Å². The largest absolute Gasteiger partial charge is 0.508 e. The highest BCUT2D eigenvalue weighted by Crippen LogP contribution is 2.29. The van der Waals surface area contributed by atoms with Crippen LogP contribution in [0.2, 0.25) is 0 Å². The molecule has 2 N–H and O–H groups in total. The van der Waals surface area contributed by atoms with E-state index in [1.165, 1.54) is 0 Å². The normalized spacial score (nSPS) is 10.3. The van der Waals surface area contributed by atoms with Crippen molar-refractivity contribution < 1.29 is 29.3 Å². The highest BCUT2D eigenvalue weighted by atomic mass is 16.5. The van der Waals surface area contributed by atoms with Crippen LogP contribution in [0.4, 0.5) is 0 Å². The summed E-state index contributed by atoms with van der Waals surface area (Å²) in [6, 6.07) is 20.0. The van der Waals surface area contributed by atoms with Crippen molar-refractivity contribution in [2.45, 2.75) is 13.2 Å². The third-order valence-corrected chi connectivity index (χ3v) is 3.95. The number of aromatic hydroxyl groups is 2. The Balaban J connectivity index is 1.78. The average molecular weight is 378 g/mol. The summed E-state index contributed by atoms with van der Waals surface area (Å²) in [5, 5.41) is 19.8. The topological polar surface area (TPSA) is 93.1 Å². The number of phenols is 2. The van der Waals surface area contributed by atoms with Crippen molar-refractivity contribution >= 4 is 11.9 Å². The number of carbonyl (C=O) groups excluding carboxylic acids is 2. The number of esters is 2. The Bertz CT molecular complexity index is 967. The SMILES string of the molecule is O=C(OCc1ccccc1)c1cc(O)cc(O)c1C(=O)OCc1ccccc1. The van der Waals surface area contributed by atoms with E-state index in [1.807, 2.05) is 12.1 Å². The van der Waals surface area contributed by atoms with Crippen LogP contribution in [-0.2, 0) is 22.7 Å². The lowest BCUT2D eigenvalue weighted by Gasteiger charge is -2.12. The molecule has 0 saturated carbocycles. The Labute approximate surface area is 161 Å². The van der Waals surface area contributed by atoms with E-state index in [-0.39, 0.29) is 30.1 Å². The second-order valence-electron chi connectivity index (χ2n) is 6.01. The van der Waals surface area contributed by atoms with Gasteiger partial charge in [0.15, 0.2) is 0 Å². The number of hydrogen-bond donors (Lipinski definition) is 2. The van der Waals surface area contributed by atoms with Gasteiger partial charge in [0.05, 0.1) is 5.56 Å². The monoisotopic (exact) mass is 378 g/mol. The molecule has 0 aliphatic carbocycles. The predicted octanol–water partition coefficient (Wildman–Crippen LogP) is 3.81. The third-order valence-electron chi connectivity index (χ3n) is 3.95. The fourth-order valence-corrected chi connectivity index (χ4v) is 2.58. The lowest BCUT2D eigenvalue weighted by Crippen LogP contribution is -2.14. The first-order chi connectivity index (χ1) is 13.5. The lowest BCUT2D eigenvalue weighted by molar-refractivity contribution is 0.0422. The molecule has 0 bridgehead atoms. The number of benzene rings is 3. The van der Waals surface area contributed by atoms with Crippen molar-refractivity contribution in [3.05, 3.63) is 95.1 Å². The maximum absolute atomic E-state index is 12.5. The van der Waals surface area contributed by atoms with E-state index >= 15 is 0 Å². The molecule has 0 aliphatic rings. The molecule has 0 atom stereocenters. The molecule has 3 rings (SSSR count). The van der Waals surface area contributed by atoms with E-state index in [1.54, 1.807) is 48.5 Å². The second kappa shape index (κ2) is 8.73. The summed E-state index contributed by atoms with van der Waals surface area (Å²) in [5.74, 6) is -2.69. The van der Waals surface area contributed by atoms with Crippen LogP contribution >= 0.6 is 0 Å². The highest BCUT2D eigenvalue weighted by Gasteiger charge is 2.25. The van der Waals surface area contributed by atoms with Crippen molar-refractivity contribution in [2.75, 3.05) is 0 Å². The van der Waals surface area contributed by atoms with Gasteiger partial charge in [-0.3, -0.25) is 0 Å². The van der Waals surface area contributed by atoms with Gasteiger partial charge in [0.1, 0.15) is 30.3 Å². The van der Waals surface area contributed by atoms with Crippen LogP contribution in [0.5, 0.6) is 11.5 Å². The summed E-state index contributed by atoms with van der Waals surface area (Å²) in [6.45, 7) is -0.0485. The van der Waals surface area contributed by atoms with Gasteiger partial charge in [0, 0.05) is 6.07 Å².